The molecule has 194 valence electrons. The number of carbonyl (C=O) groups is 3. The predicted octanol–water partition coefficient (Wildman–Crippen LogP) is 6.66. The minimum Gasteiger partial charge on any atom is -0.324 e. The summed E-state index contributed by atoms with van der Waals surface area (Å²) in [4.78, 5) is 40.7. The molecule has 5 nitrogen and oxygen atoms in total. The molecular weight excluding hydrogens is 611 g/mol. The number of benzene rings is 3. The molecule has 1 heterocycles. The van der Waals surface area contributed by atoms with Gasteiger partial charge in [0.25, 0.3) is 0 Å². The molecule has 3 aromatic rings. The molecule has 0 saturated carbocycles. The highest BCUT2D eigenvalue weighted by Crippen LogP contribution is 2.69. The van der Waals surface area contributed by atoms with Crippen molar-refractivity contribution in [2.75, 3.05) is 5.32 Å². The van der Waals surface area contributed by atoms with Crippen LogP contribution in [0, 0.1) is 17.8 Å². The van der Waals surface area contributed by atoms with Gasteiger partial charge in [0.05, 0.1) is 16.9 Å². The van der Waals surface area contributed by atoms with Gasteiger partial charge in [-0.15, -0.1) is 23.2 Å². The van der Waals surface area contributed by atoms with Crippen LogP contribution in [-0.2, 0) is 24.1 Å². The second kappa shape index (κ2) is 8.82. The third-order valence-electron chi connectivity index (χ3n) is 7.98. The maximum absolute atomic E-state index is 14.3. The van der Waals surface area contributed by atoms with Crippen LogP contribution in [0.1, 0.15) is 36.1 Å². The molecule has 1 fully saturated rings. The van der Waals surface area contributed by atoms with Gasteiger partial charge in [0.1, 0.15) is 15.8 Å². The zero-order valence-corrected chi connectivity index (χ0v) is 24.2. The average molecular weight is 633 g/mol. The summed E-state index contributed by atoms with van der Waals surface area (Å²) < 4.78 is 0.681. The van der Waals surface area contributed by atoms with E-state index < -0.39 is 45.3 Å². The van der Waals surface area contributed by atoms with Crippen LogP contribution in [0.5, 0.6) is 0 Å². The zero-order valence-electron chi connectivity index (χ0n) is 20.3. The minimum absolute atomic E-state index is 0.381. The topological polar surface area (TPSA) is 66.5 Å². The van der Waals surface area contributed by atoms with Gasteiger partial charge in [-0.25, -0.2) is 0 Å². The maximum atomic E-state index is 14.3. The molecule has 4 aliphatic rings. The summed E-state index contributed by atoms with van der Waals surface area (Å²) in [6, 6.07) is 18.8. The molecule has 1 aliphatic heterocycles. The molecule has 38 heavy (non-hydrogen) atoms. The first-order valence-corrected chi connectivity index (χ1v) is 14.2. The molecule has 3 aromatic carbocycles. The lowest BCUT2D eigenvalue weighted by molar-refractivity contribution is -0.148. The van der Waals surface area contributed by atoms with Gasteiger partial charge in [0, 0.05) is 10.2 Å². The molecule has 1 saturated heterocycles. The van der Waals surface area contributed by atoms with E-state index in [1.165, 1.54) is 0 Å². The number of nitrogens with one attached hydrogen (secondary N) is 1. The average Bonchev–Trinajstić information content (AvgIpc) is 3.16. The Hall–Kier alpha value is -2.38. The largest absolute Gasteiger partial charge is 0.324 e. The SMILES string of the molecule is CC(C)[C@@H](C(=O)Nc1ccc(Br)c(Cl)c1)N1C(=O)[C@H]2[C@H](C1=O)C1(Cl)c3ccccc3C2(Cl)c2ccccc21. The quantitative estimate of drug-likeness (QED) is 0.259. The van der Waals surface area contributed by atoms with Crippen LogP contribution in [0.4, 0.5) is 5.69 Å². The monoisotopic (exact) mass is 630 g/mol. The number of hydrogen-bond donors (Lipinski definition) is 1. The van der Waals surface area contributed by atoms with Crippen molar-refractivity contribution in [1.29, 1.82) is 0 Å². The van der Waals surface area contributed by atoms with Crippen molar-refractivity contribution in [1.82, 2.24) is 4.90 Å². The van der Waals surface area contributed by atoms with Gasteiger partial charge in [0.2, 0.25) is 17.7 Å². The molecule has 0 radical (unpaired) electrons. The second-order valence-corrected chi connectivity index (χ2v) is 12.8. The van der Waals surface area contributed by atoms with Gasteiger partial charge in [-0.2, -0.15) is 0 Å². The summed E-state index contributed by atoms with van der Waals surface area (Å²) in [6.07, 6.45) is 0. The van der Waals surface area contributed by atoms with E-state index in [4.69, 9.17) is 34.8 Å². The fourth-order valence-corrected chi connectivity index (χ4v) is 8.00. The number of rotatable bonds is 4. The molecule has 9 heteroatoms. The molecule has 3 atom stereocenters. The Kier molecular flexibility index (Phi) is 6.00. The lowest BCUT2D eigenvalue weighted by Gasteiger charge is -2.54. The van der Waals surface area contributed by atoms with E-state index in [0.29, 0.717) is 15.2 Å². The van der Waals surface area contributed by atoms with Crippen LogP contribution in [-0.4, -0.2) is 28.7 Å². The number of halogens is 4. The third-order valence-corrected chi connectivity index (χ3v) is 10.5. The number of nitrogens with zero attached hydrogens (tertiary/aromatic N) is 1. The first-order chi connectivity index (χ1) is 18.0. The van der Waals surface area contributed by atoms with Gasteiger partial charge >= 0.3 is 0 Å². The fourth-order valence-electron chi connectivity index (χ4n) is 6.47. The Labute approximate surface area is 243 Å². The van der Waals surface area contributed by atoms with E-state index in [9.17, 15) is 14.4 Å². The van der Waals surface area contributed by atoms with Crippen LogP contribution >= 0.6 is 50.7 Å². The molecule has 3 aliphatic carbocycles. The van der Waals surface area contributed by atoms with Crippen LogP contribution in [0.15, 0.2) is 71.2 Å². The third kappa shape index (κ3) is 3.27. The summed E-state index contributed by atoms with van der Waals surface area (Å²) in [5.41, 5.74) is 3.32. The number of amides is 3. The van der Waals surface area contributed by atoms with Gasteiger partial charge in [0.15, 0.2) is 0 Å². The standard InChI is InChI=1S/C29H22BrCl3N2O3/c1-14(2)24(25(36)34-15-11-12-20(30)21(31)13-15)35-26(37)22-23(27(35)38)29(33)17-8-4-3-7-16(17)28(22,32)18-9-5-6-10-19(18)29/h3-14,22-24H,1-2H3,(H,34,36)/t22-,23-,24+,28?,29?/m1/s1. The summed E-state index contributed by atoms with van der Waals surface area (Å²) in [7, 11) is 0. The molecule has 2 bridgehead atoms. The van der Waals surface area contributed by atoms with Crippen LogP contribution in [0.25, 0.3) is 0 Å². The first kappa shape index (κ1) is 25.9. The van der Waals surface area contributed by atoms with Gasteiger partial charge in [-0.3, -0.25) is 19.3 Å². The minimum atomic E-state index is -1.30. The smallest absolute Gasteiger partial charge is 0.247 e. The van der Waals surface area contributed by atoms with E-state index in [0.717, 1.165) is 27.2 Å². The number of hydrogen-bond acceptors (Lipinski definition) is 3. The molecular formula is C29H22BrCl3N2O3. The van der Waals surface area contributed by atoms with Crippen molar-refractivity contribution in [2.24, 2.45) is 17.8 Å². The summed E-state index contributed by atoms with van der Waals surface area (Å²) in [5, 5.41) is 3.25. The highest BCUT2D eigenvalue weighted by Gasteiger charge is 2.73. The van der Waals surface area contributed by atoms with Crippen molar-refractivity contribution in [3.05, 3.63) is 98.5 Å². The zero-order chi connectivity index (χ0) is 27.1. The Morgan fingerprint density at radius 2 is 1.32 bits per heavy atom. The highest BCUT2D eigenvalue weighted by molar-refractivity contribution is 9.10. The van der Waals surface area contributed by atoms with Gasteiger partial charge in [-0.1, -0.05) is 74.0 Å². The summed E-state index contributed by atoms with van der Waals surface area (Å²) in [6.45, 7) is 3.60. The van der Waals surface area contributed by atoms with Crippen molar-refractivity contribution >= 4 is 74.1 Å². The summed E-state index contributed by atoms with van der Waals surface area (Å²) >= 11 is 24.5. The van der Waals surface area contributed by atoms with Gasteiger partial charge < -0.3 is 5.32 Å². The van der Waals surface area contributed by atoms with E-state index >= 15 is 0 Å². The lowest BCUT2D eigenvalue weighted by Crippen LogP contribution is -2.57. The van der Waals surface area contributed by atoms with Crippen molar-refractivity contribution in [2.45, 2.75) is 29.6 Å². The summed E-state index contributed by atoms with van der Waals surface area (Å²) in [5.74, 6) is -3.79. The van der Waals surface area contributed by atoms with Crippen LogP contribution in [0.2, 0.25) is 5.02 Å². The van der Waals surface area contributed by atoms with E-state index in [2.05, 4.69) is 21.2 Å². The van der Waals surface area contributed by atoms with Crippen molar-refractivity contribution in [3.63, 3.8) is 0 Å². The van der Waals surface area contributed by atoms with Crippen LogP contribution in [0.3, 0.4) is 0 Å². The first-order valence-electron chi connectivity index (χ1n) is 12.2. The Morgan fingerprint density at radius 3 is 1.71 bits per heavy atom. The fraction of sp³-hybridized carbons (Fsp3) is 0.276. The highest BCUT2D eigenvalue weighted by atomic mass is 79.9. The van der Waals surface area contributed by atoms with E-state index in [1.54, 1.807) is 32.0 Å². The molecule has 0 spiro atoms. The number of anilines is 1. The molecule has 0 aromatic heterocycles. The Balaban J connectivity index is 1.47. The Morgan fingerprint density at radius 1 is 0.868 bits per heavy atom. The predicted molar refractivity (Wildman–Crippen MR) is 151 cm³/mol. The van der Waals surface area contributed by atoms with E-state index in [1.807, 2.05) is 48.5 Å². The molecule has 0 unspecified atom stereocenters. The van der Waals surface area contributed by atoms with E-state index in [-0.39, 0.29) is 5.92 Å². The molecule has 7 rings (SSSR count). The normalized spacial score (nSPS) is 27.7. The second-order valence-electron chi connectivity index (χ2n) is 10.3. The maximum Gasteiger partial charge on any atom is 0.247 e. The lowest BCUT2D eigenvalue weighted by atomic mass is 9.54. The van der Waals surface area contributed by atoms with Crippen LogP contribution < -0.4 is 5.32 Å². The number of likely N-dealkylation sites (tertiary alicyclic amines) is 1. The van der Waals surface area contributed by atoms with Crippen molar-refractivity contribution < 1.29 is 14.4 Å². The number of carbonyl (C=O) groups excluding carboxylic acids is 3. The number of imide groups is 1. The Bertz CT molecular complexity index is 1420. The number of alkyl halides is 2. The van der Waals surface area contributed by atoms with Gasteiger partial charge in [-0.05, 0) is 62.3 Å². The van der Waals surface area contributed by atoms with Crippen molar-refractivity contribution in [3.8, 4) is 0 Å². The molecule has 3 amide bonds. The molecule has 1 N–H and O–H groups in total.